The van der Waals surface area contributed by atoms with Crippen LogP contribution in [0.4, 0.5) is 5.69 Å². The average Bonchev–Trinajstić information content (AvgIpc) is 3.10. The first-order chi connectivity index (χ1) is 13.5. The second-order valence-electron chi connectivity index (χ2n) is 6.63. The molecule has 9 heteroatoms. The Kier molecular flexibility index (Phi) is 6.56. The molecule has 1 amide bonds. The van der Waals surface area contributed by atoms with Crippen LogP contribution in [-0.4, -0.2) is 65.9 Å². The molecule has 1 atom stereocenters. The van der Waals surface area contributed by atoms with Crippen LogP contribution in [0, 0.1) is 0 Å². The van der Waals surface area contributed by atoms with Gasteiger partial charge in [-0.05, 0) is 35.0 Å². The van der Waals surface area contributed by atoms with Crippen molar-refractivity contribution >= 4 is 33.5 Å². The number of piperazine rings is 1. The minimum Gasteiger partial charge on any atom is -0.488 e. The summed E-state index contributed by atoms with van der Waals surface area (Å²) >= 11 is 3.49. The van der Waals surface area contributed by atoms with Crippen LogP contribution in [-0.2, 0) is 11.8 Å². The maximum atomic E-state index is 12.6. The van der Waals surface area contributed by atoms with E-state index in [-0.39, 0.29) is 18.6 Å². The van der Waals surface area contributed by atoms with Crippen molar-refractivity contribution in [3.05, 3.63) is 41.1 Å². The van der Waals surface area contributed by atoms with Crippen molar-refractivity contribution in [2.45, 2.75) is 13.0 Å². The molecule has 8 nitrogen and oxygen atoms in total. The molecule has 1 fully saturated rings. The van der Waals surface area contributed by atoms with Crippen molar-refractivity contribution in [3.63, 3.8) is 0 Å². The number of para-hydroxylation sites is 1. The van der Waals surface area contributed by atoms with Gasteiger partial charge < -0.3 is 19.9 Å². The Bertz CT molecular complexity index is 852. The van der Waals surface area contributed by atoms with Gasteiger partial charge in [0.2, 0.25) is 5.91 Å². The van der Waals surface area contributed by atoms with Crippen LogP contribution in [0.15, 0.2) is 46.1 Å². The van der Waals surface area contributed by atoms with Crippen molar-refractivity contribution in [1.82, 2.24) is 20.0 Å². The fraction of sp³-hybridized carbons (Fsp3) is 0.421. The fourth-order valence-electron chi connectivity index (χ4n) is 3.04. The van der Waals surface area contributed by atoms with Gasteiger partial charge in [0.05, 0.1) is 22.9 Å². The Morgan fingerprint density at radius 1 is 1.39 bits per heavy atom. The molecule has 0 aliphatic carbocycles. The summed E-state index contributed by atoms with van der Waals surface area (Å²) < 4.78 is 8.57. The second kappa shape index (κ2) is 9.09. The number of aryl methyl sites for hydroxylation is 1. The van der Waals surface area contributed by atoms with E-state index < -0.39 is 0 Å². The number of guanidine groups is 1. The summed E-state index contributed by atoms with van der Waals surface area (Å²) in [5.41, 5.74) is 0.825. The highest BCUT2D eigenvalue weighted by molar-refractivity contribution is 9.10. The first-order valence-electron chi connectivity index (χ1n) is 9.13. The SMILES string of the molecule is CN=C(NCC(C)Oc1ccccc1Br)N1CCN(c2cnn(C)c2)C(=O)C1. The van der Waals surface area contributed by atoms with Crippen LogP contribution >= 0.6 is 15.9 Å². The lowest BCUT2D eigenvalue weighted by Crippen LogP contribution is -2.56. The lowest BCUT2D eigenvalue weighted by Gasteiger charge is -2.35. The molecule has 28 heavy (non-hydrogen) atoms. The van der Waals surface area contributed by atoms with Crippen molar-refractivity contribution in [1.29, 1.82) is 0 Å². The molecule has 0 spiro atoms. The van der Waals surface area contributed by atoms with Crippen LogP contribution in [0.1, 0.15) is 6.92 Å². The number of ether oxygens (including phenoxy) is 1. The monoisotopic (exact) mass is 448 g/mol. The summed E-state index contributed by atoms with van der Waals surface area (Å²) in [6.07, 6.45) is 3.49. The molecule has 0 saturated carbocycles. The standard InChI is InChI=1S/C19H25BrN6O2/c1-14(28-17-7-5-4-6-16(17)20)10-22-19(21-2)25-8-9-26(18(27)13-25)15-11-23-24(3)12-15/h4-7,11-12,14H,8-10,13H2,1-3H3,(H,21,22). The van der Waals surface area contributed by atoms with E-state index in [1.807, 2.05) is 49.3 Å². The molecule has 3 rings (SSSR count). The van der Waals surface area contributed by atoms with Gasteiger partial charge >= 0.3 is 0 Å². The summed E-state index contributed by atoms with van der Waals surface area (Å²) in [5.74, 6) is 1.52. The number of halogens is 1. The second-order valence-corrected chi connectivity index (χ2v) is 7.48. The zero-order valence-electron chi connectivity index (χ0n) is 16.3. The molecule has 1 aromatic carbocycles. The third-order valence-corrected chi connectivity index (χ3v) is 5.10. The molecule has 2 aromatic rings. The number of carbonyl (C=O) groups is 1. The van der Waals surface area contributed by atoms with E-state index in [9.17, 15) is 4.79 Å². The number of carbonyl (C=O) groups excluding carboxylic acids is 1. The minimum absolute atomic E-state index is 0.0275. The molecule has 1 aliphatic heterocycles. The summed E-state index contributed by atoms with van der Waals surface area (Å²) in [6.45, 7) is 4.12. The van der Waals surface area contributed by atoms with E-state index >= 15 is 0 Å². The molecular weight excluding hydrogens is 424 g/mol. The fourth-order valence-corrected chi connectivity index (χ4v) is 3.42. The molecule has 150 valence electrons. The third kappa shape index (κ3) is 4.83. The topological polar surface area (TPSA) is 75.0 Å². The molecule has 2 heterocycles. The van der Waals surface area contributed by atoms with Crippen LogP contribution in [0.3, 0.4) is 0 Å². The Balaban J connectivity index is 1.53. The van der Waals surface area contributed by atoms with Gasteiger partial charge in [-0.3, -0.25) is 14.5 Å². The van der Waals surface area contributed by atoms with Crippen molar-refractivity contribution in [3.8, 4) is 5.75 Å². The predicted molar refractivity (Wildman–Crippen MR) is 113 cm³/mol. The molecule has 1 aliphatic rings. The van der Waals surface area contributed by atoms with Crippen molar-refractivity contribution in [2.75, 3.05) is 38.1 Å². The van der Waals surface area contributed by atoms with Gasteiger partial charge in [0.25, 0.3) is 0 Å². The number of benzene rings is 1. The first-order valence-corrected chi connectivity index (χ1v) is 9.93. The van der Waals surface area contributed by atoms with Gasteiger partial charge in [0.15, 0.2) is 5.96 Å². The van der Waals surface area contributed by atoms with Crippen LogP contribution < -0.4 is 15.0 Å². The average molecular weight is 449 g/mol. The smallest absolute Gasteiger partial charge is 0.246 e. The highest BCUT2D eigenvalue weighted by atomic mass is 79.9. The van der Waals surface area contributed by atoms with E-state index in [0.717, 1.165) is 15.9 Å². The number of amides is 1. The van der Waals surface area contributed by atoms with Crippen LogP contribution in [0.25, 0.3) is 0 Å². The summed E-state index contributed by atoms with van der Waals surface area (Å²) in [5, 5.41) is 7.45. The number of hydrogen-bond donors (Lipinski definition) is 1. The van der Waals surface area contributed by atoms with Gasteiger partial charge in [-0.25, -0.2) is 0 Å². The Morgan fingerprint density at radius 3 is 2.82 bits per heavy atom. The molecule has 1 unspecified atom stereocenters. The van der Waals surface area contributed by atoms with Crippen LogP contribution in [0.2, 0.25) is 0 Å². The number of aromatic nitrogens is 2. The van der Waals surface area contributed by atoms with Crippen LogP contribution in [0.5, 0.6) is 5.75 Å². The van der Waals surface area contributed by atoms with Gasteiger partial charge in [-0.1, -0.05) is 12.1 Å². The van der Waals surface area contributed by atoms with Gasteiger partial charge in [-0.15, -0.1) is 0 Å². The number of aliphatic imine (C=N–C) groups is 1. The molecule has 1 saturated heterocycles. The third-order valence-electron chi connectivity index (χ3n) is 4.45. The number of anilines is 1. The van der Waals surface area contributed by atoms with Gasteiger partial charge in [-0.2, -0.15) is 5.10 Å². The Morgan fingerprint density at radius 2 is 2.18 bits per heavy atom. The molecule has 1 N–H and O–H groups in total. The van der Waals surface area contributed by atoms with Crippen molar-refractivity contribution in [2.24, 2.45) is 12.0 Å². The van der Waals surface area contributed by atoms with Gasteiger partial charge in [0.1, 0.15) is 18.4 Å². The molecule has 0 radical (unpaired) electrons. The minimum atomic E-state index is -0.0668. The van der Waals surface area contributed by atoms with E-state index in [1.165, 1.54) is 0 Å². The summed E-state index contributed by atoms with van der Waals surface area (Å²) in [7, 11) is 3.56. The maximum absolute atomic E-state index is 12.6. The number of hydrogen-bond acceptors (Lipinski definition) is 4. The zero-order chi connectivity index (χ0) is 20.1. The van der Waals surface area contributed by atoms with Gasteiger partial charge in [0, 0.05) is 33.4 Å². The number of rotatable bonds is 5. The lowest BCUT2D eigenvalue weighted by atomic mass is 10.3. The van der Waals surface area contributed by atoms with E-state index in [4.69, 9.17) is 4.74 Å². The molecular formula is C19H25BrN6O2. The van der Waals surface area contributed by atoms with Crippen molar-refractivity contribution < 1.29 is 9.53 Å². The normalized spacial score (nSPS) is 16.3. The quantitative estimate of drug-likeness (QED) is 0.558. The molecule has 0 bridgehead atoms. The summed E-state index contributed by atoms with van der Waals surface area (Å²) in [6, 6.07) is 7.75. The zero-order valence-corrected chi connectivity index (χ0v) is 17.9. The Hall–Kier alpha value is -2.55. The highest BCUT2D eigenvalue weighted by Gasteiger charge is 2.27. The number of nitrogens with one attached hydrogen (secondary N) is 1. The first kappa shape index (κ1) is 20.2. The molecule has 1 aromatic heterocycles. The van der Waals surface area contributed by atoms with E-state index in [1.54, 1.807) is 22.8 Å². The maximum Gasteiger partial charge on any atom is 0.246 e. The lowest BCUT2D eigenvalue weighted by molar-refractivity contribution is -0.120. The Labute approximate surface area is 173 Å². The largest absolute Gasteiger partial charge is 0.488 e. The van der Waals surface area contributed by atoms with E-state index in [0.29, 0.717) is 25.6 Å². The summed E-state index contributed by atoms with van der Waals surface area (Å²) in [4.78, 5) is 20.6. The predicted octanol–water partition coefficient (Wildman–Crippen LogP) is 1.87. The highest BCUT2D eigenvalue weighted by Crippen LogP contribution is 2.24. The van der Waals surface area contributed by atoms with E-state index in [2.05, 4.69) is 31.3 Å². The number of nitrogens with zero attached hydrogens (tertiary/aromatic N) is 5.